The molecule has 1 aromatic rings. The fourth-order valence-electron chi connectivity index (χ4n) is 2.46. The standard InChI is InChI=1S/C15H28N6O.HI/c1-4-5-8-16-15(21-9-6-13(22)7-10-21)17-11-14-19-18-12(2)20(14)3;/h13,22H,4-11H2,1-3H3,(H,16,17);1H. The SMILES string of the molecule is CCCCNC(=NCc1nnc(C)n1C)N1CCC(O)CC1.I. The Hall–Kier alpha value is -0.900. The predicted octanol–water partition coefficient (Wildman–Crippen LogP) is 1.44. The minimum Gasteiger partial charge on any atom is -0.393 e. The van der Waals surface area contributed by atoms with Gasteiger partial charge in [0.2, 0.25) is 0 Å². The van der Waals surface area contributed by atoms with Crippen LogP contribution in [0, 0.1) is 6.92 Å². The summed E-state index contributed by atoms with van der Waals surface area (Å²) >= 11 is 0. The smallest absolute Gasteiger partial charge is 0.194 e. The number of hydrogen-bond donors (Lipinski definition) is 2. The van der Waals surface area contributed by atoms with Gasteiger partial charge in [0.05, 0.1) is 6.10 Å². The van der Waals surface area contributed by atoms with Gasteiger partial charge in [-0.3, -0.25) is 0 Å². The van der Waals surface area contributed by atoms with Crippen LogP contribution in [0.1, 0.15) is 44.3 Å². The van der Waals surface area contributed by atoms with Gasteiger partial charge in [-0.15, -0.1) is 34.2 Å². The van der Waals surface area contributed by atoms with Crippen LogP contribution in [-0.4, -0.2) is 56.5 Å². The Morgan fingerprint density at radius 2 is 2.04 bits per heavy atom. The Balaban J connectivity index is 0.00000264. The van der Waals surface area contributed by atoms with E-state index in [0.717, 1.165) is 62.9 Å². The lowest BCUT2D eigenvalue weighted by Gasteiger charge is -2.32. The van der Waals surface area contributed by atoms with E-state index in [1.54, 1.807) is 0 Å². The van der Waals surface area contributed by atoms with Crippen molar-refractivity contribution in [1.29, 1.82) is 0 Å². The molecule has 2 rings (SSSR count). The van der Waals surface area contributed by atoms with Crippen LogP contribution in [0.15, 0.2) is 4.99 Å². The van der Waals surface area contributed by atoms with Gasteiger partial charge in [0.25, 0.3) is 0 Å². The Labute approximate surface area is 155 Å². The van der Waals surface area contributed by atoms with Crippen molar-refractivity contribution >= 4 is 29.9 Å². The maximum atomic E-state index is 9.66. The average molecular weight is 436 g/mol. The summed E-state index contributed by atoms with van der Waals surface area (Å²) in [4.78, 5) is 6.94. The fraction of sp³-hybridized carbons (Fsp3) is 0.800. The number of aryl methyl sites for hydroxylation is 1. The van der Waals surface area contributed by atoms with Crippen LogP contribution in [0.4, 0.5) is 0 Å². The molecule has 132 valence electrons. The molecule has 1 aliphatic rings. The first kappa shape index (κ1) is 20.1. The number of halogens is 1. The molecule has 0 atom stereocenters. The molecule has 0 saturated carbocycles. The number of nitrogens with one attached hydrogen (secondary N) is 1. The van der Waals surface area contributed by atoms with Crippen molar-refractivity contribution in [2.24, 2.45) is 12.0 Å². The topological polar surface area (TPSA) is 78.6 Å². The van der Waals surface area contributed by atoms with E-state index in [1.807, 2.05) is 18.5 Å². The zero-order valence-electron chi connectivity index (χ0n) is 14.3. The number of unbranched alkanes of at least 4 members (excludes halogenated alkanes) is 1. The zero-order valence-corrected chi connectivity index (χ0v) is 16.7. The fourth-order valence-corrected chi connectivity index (χ4v) is 2.46. The highest BCUT2D eigenvalue weighted by Gasteiger charge is 2.20. The van der Waals surface area contributed by atoms with Gasteiger partial charge in [-0.25, -0.2) is 4.99 Å². The number of hydrogen-bond acceptors (Lipinski definition) is 4. The normalized spacial score (nSPS) is 16.3. The van der Waals surface area contributed by atoms with Gasteiger partial charge < -0.3 is 19.9 Å². The van der Waals surface area contributed by atoms with Crippen LogP contribution in [0.5, 0.6) is 0 Å². The number of rotatable bonds is 5. The Morgan fingerprint density at radius 1 is 1.35 bits per heavy atom. The summed E-state index contributed by atoms with van der Waals surface area (Å²) in [6, 6.07) is 0. The molecule has 0 aromatic carbocycles. The van der Waals surface area contributed by atoms with E-state index in [9.17, 15) is 5.11 Å². The van der Waals surface area contributed by atoms with Gasteiger partial charge in [-0.05, 0) is 26.2 Å². The minimum atomic E-state index is -0.172. The van der Waals surface area contributed by atoms with Crippen LogP contribution in [0.2, 0.25) is 0 Å². The summed E-state index contributed by atoms with van der Waals surface area (Å²) in [6.07, 6.45) is 3.71. The lowest BCUT2D eigenvalue weighted by molar-refractivity contribution is 0.108. The number of nitrogens with zero attached hydrogens (tertiary/aromatic N) is 5. The van der Waals surface area contributed by atoms with Crippen molar-refractivity contribution < 1.29 is 5.11 Å². The summed E-state index contributed by atoms with van der Waals surface area (Å²) in [6.45, 7) is 7.25. The van der Waals surface area contributed by atoms with E-state index < -0.39 is 0 Å². The highest BCUT2D eigenvalue weighted by atomic mass is 127. The van der Waals surface area contributed by atoms with Crippen LogP contribution >= 0.6 is 24.0 Å². The number of aliphatic hydroxyl groups is 1. The monoisotopic (exact) mass is 436 g/mol. The van der Waals surface area contributed by atoms with Crippen molar-refractivity contribution in [2.45, 2.75) is 52.2 Å². The van der Waals surface area contributed by atoms with Gasteiger partial charge in [0.15, 0.2) is 11.8 Å². The summed E-state index contributed by atoms with van der Waals surface area (Å²) in [5.41, 5.74) is 0. The second kappa shape index (κ2) is 10.1. The molecule has 0 aliphatic carbocycles. The van der Waals surface area contributed by atoms with Crippen LogP contribution in [0.25, 0.3) is 0 Å². The van der Waals surface area contributed by atoms with E-state index >= 15 is 0 Å². The zero-order chi connectivity index (χ0) is 15.9. The number of aromatic nitrogens is 3. The molecule has 2 heterocycles. The third kappa shape index (κ3) is 5.91. The maximum Gasteiger partial charge on any atom is 0.194 e. The first-order valence-corrected chi connectivity index (χ1v) is 8.18. The Bertz CT molecular complexity index is 496. The van der Waals surface area contributed by atoms with E-state index in [-0.39, 0.29) is 30.1 Å². The van der Waals surface area contributed by atoms with Gasteiger partial charge in [-0.1, -0.05) is 13.3 Å². The lowest BCUT2D eigenvalue weighted by Crippen LogP contribution is -2.46. The molecule has 1 fully saturated rings. The molecule has 23 heavy (non-hydrogen) atoms. The van der Waals surface area contributed by atoms with Crippen molar-refractivity contribution in [3.63, 3.8) is 0 Å². The average Bonchev–Trinajstić information content (AvgIpc) is 2.83. The predicted molar refractivity (Wildman–Crippen MR) is 102 cm³/mol. The largest absolute Gasteiger partial charge is 0.393 e. The van der Waals surface area contributed by atoms with Crippen LogP contribution < -0.4 is 5.32 Å². The highest BCUT2D eigenvalue weighted by Crippen LogP contribution is 2.10. The Morgan fingerprint density at radius 3 is 2.61 bits per heavy atom. The van der Waals surface area contributed by atoms with E-state index in [4.69, 9.17) is 4.99 Å². The van der Waals surface area contributed by atoms with Gasteiger partial charge >= 0.3 is 0 Å². The van der Waals surface area contributed by atoms with Crippen molar-refractivity contribution in [2.75, 3.05) is 19.6 Å². The lowest BCUT2D eigenvalue weighted by atomic mass is 10.1. The number of aliphatic hydroxyl groups excluding tert-OH is 1. The van der Waals surface area contributed by atoms with Gasteiger partial charge in [-0.2, -0.15) is 0 Å². The molecule has 8 heteroatoms. The van der Waals surface area contributed by atoms with Gasteiger partial charge in [0.1, 0.15) is 12.4 Å². The first-order valence-electron chi connectivity index (χ1n) is 8.18. The number of likely N-dealkylation sites (tertiary alicyclic amines) is 1. The maximum absolute atomic E-state index is 9.66. The molecule has 0 unspecified atom stereocenters. The van der Waals surface area contributed by atoms with E-state index in [1.165, 1.54) is 0 Å². The number of piperidine rings is 1. The van der Waals surface area contributed by atoms with Crippen molar-refractivity contribution in [3.8, 4) is 0 Å². The Kier molecular flexibility index (Phi) is 8.82. The molecule has 0 spiro atoms. The first-order chi connectivity index (χ1) is 10.6. The quantitative estimate of drug-likeness (QED) is 0.316. The van der Waals surface area contributed by atoms with Crippen LogP contribution in [0.3, 0.4) is 0 Å². The van der Waals surface area contributed by atoms with E-state index in [0.29, 0.717) is 6.54 Å². The second-order valence-corrected chi connectivity index (χ2v) is 5.86. The summed E-state index contributed by atoms with van der Waals surface area (Å²) < 4.78 is 1.97. The summed E-state index contributed by atoms with van der Waals surface area (Å²) in [7, 11) is 1.96. The van der Waals surface area contributed by atoms with Crippen molar-refractivity contribution in [3.05, 3.63) is 11.6 Å². The van der Waals surface area contributed by atoms with Crippen molar-refractivity contribution in [1.82, 2.24) is 25.0 Å². The molecular formula is C15H29IN6O. The highest BCUT2D eigenvalue weighted by molar-refractivity contribution is 14.0. The second-order valence-electron chi connectivity index (χ2n) is 5.86. The molecule has 1 aromatic heterocycles. The molecule has 0 radical (unpaired) electrons. The number of aliphatic imine (C=N–C) groups is 1. The molecule has 0 bridgehead atoms. The molecular weight excluding hydrogens is 407 g/mol. The third-order valence-corrected chi connectivity index (χ3v) is 4.13. The molecule has 1 aliphatic heterocycles. The molecule has 0 amide bonds. The minimum absolute atomic E-state index is 0. The molecule has 2 N–H and O–H groups in total. The van der Waals surface area contributed by atoms with Gasteiger partial charge in [0, 0.05) is 26.7 Å². The molecule has 7 nitrogen and oxygen atoms in total. The molecule has 1 saturated heterocycles. The number of guanidine groups is 1. The summed E-state index contributed by atoms with van der Waals surface area (Å²) in [5, 5.41) is 21.3. The van der Waals surface area contributed by atoms with Crippen LogP contribution in [-0.2, 0) is 13.6 Å². The summed E-state index contributed by atoms with van der Waals surface area (Å²) in [5.74, 6) is 2.68. The van der Waals surface area contributed by atoms with E-state index in [2.05, 4.69) is 27.3 Å². The third-order valence-electron chi connectivity index (χ3n) is 4.13.